The second-order valence-electron chi connectivity index (χ2n) is 12.7. The number of allylic oxidation sites excluding steroid dienone is 11. The molecule has 2 atom stereocenters. The Hall–Kier alpha value is -2.55. The SMILES string of the molecule is CCCCC/C=C\C/C=C\CCCCCCCC(=O)OC[C@H](COP(=O)(O)O)OC(=O)CCC/C=C\C/C=C\C/C=C\C/C=C\CC(O)CCC. The largest absolute Gasteiger partial charge is 0.469 e. The van der Waals surface area contributed by atoms with Gasteiger partial charge >= 0.3 is 19.8 Å². The molecule has 0 saturated heterocycles. The molecule has 0 bridgehead atoms. The highest BCUT2D eigenvalue weighted by Gasteiger charge is 2.22. The maximum absolute atomic E-state index is 12.3. The fourth-order valence-corrected chi connectivity index (χ4v) is 5.24. The molecule has 1 unspecified atom stereocenters. The maximum atomic E-state index is 12.3. The van der Waals surface area contributed by atoms with Gasteiger partial charge < -0.3 is 24.4 Å². The van der Waals surface area contributed by atoms with Crippen molar-refractivity contribution in [1.29, 1.82) is 0 Å². The quantitative estimate of drug-likeness (QED) is 0.0255. The summed E-state index contributed by atoms with van der Waals surface area (Å²) >= 11 is 0. The zero-order chi connectivity index (χ0) is 37.7. The van der Waals surface area contributed by atoms with Crippen LogP contribution < -0.4 is 0 Å². The predicted molar refractivity (Wildman–Crippen MR) is 208 cm³/mol. The minimum atomic E-state index is -4.78. The smallest absolute Gasteiger partial charge is 0.462 e. The van der Waals surface area contributed by atoms with Gasteiger partial charge in [0, 0.05) is 12.8 Å². The molecule has 0 aromatic rings. The van der Waals surface area contributed by atoms with Crippen LogP contribution >= 0.6 is 7.82 Å². The van der Waals surface area contributed by atoms with Crippen LogP contribution in [-0.4, -0.2) is 52.3 Å². The van der Waals surface area contributed by atoms with Crippen molar-refractivity contribution in [3.63, 3.8) is 0 Å². The van der Waals surface area contributed by atoms with Gasteiger partial charge in [-0.2, -0.15) is 0 Å². The van der Waals surface area contributed by atoms with Crippen molar-refractivity contribution < 1.29 is 43.0 Å². The van der Waals surface area contributed by atoms with Crippen LogP contribution in [0.4, 0.5) is 0 Å². The Labute approximate surface area is 309 Å². The van der Waals surface area contributed by atoms with Gasteiger partial charge in [0.2, 0.25) is 0 Å². The molecule has 0 aromatic carbocycles. The van der Waals surface area contributed by atoms with Crippen LogP contribution in [0.3, 0.4) is 0 Å². The molecule has 0 amide bonds. The maximum Gasteiger partial charge on any atom is 0.469 e. The fraction of sp³-hybridized carbons (Fsp3) is 0.659. The molecule has 0 saturated carbocycles. The van der Waals surface area contributed by atoms with Gasteiger partial charge in [-0.15, -0.1) is 0 Å². The van der Waals surface area contributed by atoms with Gasteiger partial charge in [-0.1, -0.05) is 125 Å². The number of unbranched alkanes of at least 4 members (excludes halogenated alkanes) is 9. The van der Waals surface area contributed by atoms with Gasteiger partial charge in [0.1, 0.15) is 6.61 Å². The zero-order valence-corrected chi connectivity index (χ0v) is 32.5. The molecule has 9 nitrogen and oxygen atoms in total. The third-order valence-corrected chi connectivity index (χ3v) is 8.24. The van der Waals surface area contributed by atoms with Gasteiger partial charge in [-0.3, -0.25) is 14.1 Å². The number of aliphatic hydroxyl groups excluding tert-OH is 1. The minimum Gasteiger partial charge on any atom is -0.462 e. The van der Waals surface area contributed by atoms with E-state index in [9.17, 15) is 19.3 Å². The van der Waals surface area contributed by atoms with E-state index in [2.05, 4.69) is 73.1 Å². The third kappa shape index (κ3) is 38.5. The molecule has 0 rings (SSSR count). The van der Waals surface area contributed by atoms with Crippen molar-refractivity contribution in [2.24, 2.45) is 0 Å². The first-order chi connectivity index (χ1) is 24.7. The number of hydrogen-bond acceptors (Lipinski definition) is 7. The lowest BCUT2D eigenvalue weighted by molar-refractivity contribution is -0.161. The molecule has 0 heterocycles. The third-order valence-electron chi connectivity index (χ3n) is 7.75. The highest BCUT2D eigenvalue weighted by Crippen LogP contribution is 2.36. The summed E-state index contributed by atoms with van der Waals surface area (Å²) in [6, 6.07) is 0. The normalized spacial score (nSPS) is 13.9. The van der Waals surface area contributed by atoms with Gasteiger partial charge in [0.25, 0.3) is 0 Å². The summed E-state index contributed by atoms with van der Waals surface area (Å²) in [5.41, 5.74) is 0. The lowest BCUT2D eigenvalue weighted by Crippen LogP contribution is -2.29. The molecule has 0 aromatic heterocycles. The van der Waals surface area contributed by atoms with E-state index in [0.717, 1.165) is 70.6 Å². The Kier molecular flexibility index (Phi) is 34.0. The number of ether oxygens (including phenoxy) is 2. The monoisotopic (exact) mass is 736 g/mol. The molecular weight excluding hydrogens is 667 g/mol. The summed E-state index contributed by atoms with van der Waals surface area (Å²) in [5.74, 6) is -0.994. The van der Waals surface area contributed by atoms with Crippen molar-refractivity contribution in [1.82, 2.24) is 0 Å². The fourth-order valence-electron chi connectivity index (χ4n) is 4.88. The highest BCUT2D eigenvalue weighted by molar-refractivity contribution is 7.46. The van der Waals surface area contributed by atoms with Crippen LogP contribution in [0.15, 0.2) is 72.9 Å². The molecule has 0 spiro atoms. The van der Waals surface area contributed by atoms with Crippen LogP contribution in [-0.2, 0) is 28.2 Å². The van der Waals surface area contributed by atoms with E-state index in [-0.39, 0.29) is 25.6 Å². The minimum absolute atomic E-state index is 0.114. The second kappa shape index (κ2) is 35.8. The molecule has 51 heavy (non-hydrogen) atoms. The first kappa shape index (κ1) is 48.5. The van der Waals surface area contributed by atoms with E-state index in [4.69, 9.17) is 19.3 Å². The Morgan fingerprint density at radius 2 is 1.08 bits per heavy atom. The number of phosphoric acid groups is 1. The summed E-state index contributed by atoms with van der Waals surface area (Å²) < 4.78 is 26.2. The van der Waals surface area contributed by atoms with Gasteiger partial charge in [-0.25, -0.2) is 4.57 Å². The zero-order valence-electron chi connectivity index (χ0n) is 31.6. The first-order valence-corrected chi connectivity index (χ1v) is 20.8. The van der Waals surface area contributed by atoms with E-state index < -0.39 is 32.5 Å². The number of carbonyl (C=O) groups excluding carboxylic acids is 2. The Bertz CT molecular complexity index is 1070. The molecule has 10 heteroatoms. The molecular formula is C41H69O9P. The van der Waals surface area contributed by atoms with Gasteiger partial charge in [-0.05, 0) is 83.5 Å². The molecule has 0 aliphatic carbocycles. The Balaban J connectivity index is 4.13. The predicted octanol–water partition coefficient (Wildman–Crippen LogP) is 10.5. The van der Waals surface area contributed by atoms with Crippen LogP contribution in [0.5, 0.6) is 0 Å². The Morgan fingerprint density at radius 3 is 1.65 bits per heavy atom. The topological polar surface area (TPSA) is 140 Å². The molecule has 0 aliphatic heterocycles. The lowest BCUT2D eigenvalue weighted by Gasteiger charge is -2.18. The van der Waals surface area contributed by atoms with E-state index in [1.54, 1.807) is 0 Å². The number of hydrogen-bond donors (Lipinski definition) is 3. The lowest BCUT2D eigenvalue weighted by atomic mass is 10.1. The van der Waals surface area contributed by atoms with Crippen LogP contribution in [0, 0.1) is 0 Å². The Morgan fingerprint density at radius 1 is 0.588 bits per heavy atom. The molecule has 292 valence electrons. The van der Waals surface area contributed by atoms with Gasteiger partial charge in [0.05, 0.1) is 12.7 Å². The summed E-state index contributed by atoms with van der Waals surface area (Å²) in [4.78, 5) is 42.7. The molecule has 0 radical (unpaired) electrons. The standard InChI is InChI=1S/C41H69O9P/c1-3-5-6-7-8-9-10-11-12-15-18-21-24-27-30-34-40(43)48-36-39(37-49-51(45,46)47)50-41(44)35-31-28-25-22-19-16-13-14-17-20-23-26-29-33-38(42)32-4-2/h8-9,11-13,16-17,20,22,25-26,29,38-39,42H,3-7,10,14-15,18-19,21,23-24,27-28,30-37H2,1-2H3,(H2,45,46,47)/b9-8-,12-11-,16-13-,20-17-,25-22-,29-26-/t38?,39-/m1/s1. The van der Waals surface area contributed by atoms with Crippen molar-refractivity contribution in [2.45, 2.75) is 161 Å². The summed E-state index contributed by atoms with van der Waals surface area (Å²) in [5, 5.41) is 9.70. The number of carbonyl (C=O) groups is 2. The highest BCUT2D eigenvalue weighted by atomic mass is 31.2. The molecule has 0 aliphatic rings. The number of rotatable bonds is 34. The molecule has 3 N–H and O–H groups in total. The van der Waals surface area contributed by atoms with E-state index in [1.807, 2.05) is 18.2 Å². The van der Waals surface area contributed by atoms with E-state index in [1.165, 1.54) is 25.7 Å². The summed E-state index contributed by atoms with van der Waals surface area (Å²) in [6.07, 6.45) is 42.6. The molecule has 0 fully saturated rings. The van der Waals surface area contributed by atoms with Crippen molar-refractivity contribution >= 4 is 19.8 Å². The van der Waals surface area contributed by atoms with E-state index >= 15 is 0 Å². The number of phosphoric ester groups is 1. The van der Waals surface area contributed by atoms with Crippen molar-refractivity contribution in [2.75, 3.05) is 13.2 Å². The van der Waals surface area contributed by atoms with E-state index in [0.29, 0.717) is 25.7 Å². The van der Waals surface area contributed by atoms with Crippen molar-refractivity contribution in [3.05, 3.63) is 72.9 Å². The van der Waals surface area contributed by atoms with Gasteiger partial charge in [0.15, 0.2) is 6.10 Å². The average Bonchev–Trinajstić information content (AvgIpc) is 3.09. The number of esters is 2. The average molecular weight is 737 g/mol. The second-order valence-corrected chi connectivity index (χ2v) is 14.0. The summed E-state index contributed by atoms with van der Waals surface area (Å²) in [6.45, 7) is 3.38. The van der Waals surface area contributed by atoms with Crippen LogP contribution in [0.1, 0.15) is 149 Å². The van der Waals surface area contributed by atoms with Crippen LogP contribution in [0.25, 0.3) is 0 Å². The summed E-state index contributed by atoms with van der Waals surface area (Å²) in [7, 11) is -4.78. The number of aliphatic hydroxyl groups is 1. The van der Waals surface area contributed by atoms with Crippen molar-refractivity contribution in [3.8, 4) is 0 Å². The first-order valence-electron chi connectivity index (χ1n) is 19.3. The van der Waals surface area contributed by atoms with Crippen LogP contribution in [0.2, 0.25) is 0 Å².